The van der Waals surface area contributed by atoms with E-state index in [0.29, 0.717) is 27.6 Å². The molecule has 0 spiro atoms. The molecule has 0 fully saturated rings. The third kappa shape index (κ3) is 4.97. The Kier molecular flexibility index (Phi) is 7.01. The van der Waals surface area contributed by atoms with Crippen LogP contribution in [-0.4, -0.2) is 45.6 Å². The number of hydrogen-bond acceptors (Lipinski definition) is 9. The van der Waals surface area contributed by atoms with Gasteiger partial charge >= 0.3 is 0 Å². The topological polar surface area (TPSA) is 104 Å². The maximum Gasteiger partial charge on any atom is 0.236 e. The zero-order valence-corrected chi connectivity index (χ0v) is 21.0. The van der Waals surface area contributed by atoms with E-state index in [4.69, 9.17) is 13.9 Å². The third-order valence-electron chi connectivity index (χ3n) is 5.17. The number of furan rings is 1. The number of amides is 1. The molecule has 1 amide bonds. The molecule has 2 aromatic carbocycles. The van der Waals surface area contributed by atoms with Crippen LogP contribution < -0.4 is 14.8 Å². The number of anilines is 1. The van der Waals surface area contributed by atoms with E-state index >= 15 is 0 Å². The molecule has 0 bridgehead atoms. The van der Waals surface area contributed by atoms with Crippen LogP contribution >= 0.6 is 23.1 Å². The number of thiazole rings is 1. The monoisotopic (exact) mass is 519 g/mol. The molecule has 5 aromatic rings. The van der Waals surface area contributed by atoms with Gasteiger partial charge in [-0.05, 0) is 48.5 Å². The van der Waals surface area contributed by atoms with Crippen LogP contribution in [0.2, 0.25) is 0 Å². The molecule has 3 aromatic heterocycles. The normalized spacial score (nSPS) is 10.8. The van der Waals surface area contributed by atoms with Gasteiger partial charge in [0, 0.05) is 10.9 Å². The molecule has 0 radical (unpaired) electrons. The lowest BCUT2D eigenvalue weighted by atomic mass is 10.2. The van der Waals surface area contributed by atoms with Crippen LogP contribution in [0, 0.1) is 0 Å². The first-order valence-corrected chi connectivity index (χ1v) is 12.7. The second kappa shape index (κ2) is 10.7. The van der Waals surface area contributed by atoms with Crippen molar-refractivity contribution in [1.82, 2.24) is 19.7 Å². The number of aromatic nitrogens is 4. The summed E-state index contributed by atoms with van der Waals surface area (Å²) in [7, 11) is 3.23. The molecule has 5 rings (SSSR count). The fraction of sp³-hybridized carbons (Fsp3) is 0.120. The van der Waals surface area contributed by atoms with Crippen LogP contribution in [0.3, 0.4) is 0 Å². The van der Waals surface area contributed by atoms with E-state index in [9.17, 15) is 4.79 Å². The van der Waals surface area contributed by atoms with E-state index in [1.165, 1.54) is 23.1 Å². The van der Waals surface area contributed by atoms with Crippen molar-refractivity contribution in [2.75, 3.05) is 25.3 Å². The molecular formula is C25H21N5O4S2. The summed E-state index contributed by atoms with van der Waals surface area (Å²) in [5.74, 6) is 2.39. The maximum absolute atomic E-state index is 12.7. The Bertz CT molecular complexity index is 1460. The summed E-state index contributed by atoms with van der Waals surface area (Å²) >= 11 is 2.62. The predicted molar refractivity (Wildman–Crippen MR) is 139 cm³/mol. The van der Waals surface area contributed by atoms with Gasteiger partial charge in [0.2, 0.25) is 11.7 Å². The van der Waals surface area contributed by atoms with Crippen LogP contribution in [0.1, 0.15) is 0 Å². The number of nitrogens with zero attached hydrogens (tertiary/aromatic N) is 4. The second-order valence-corrected chi connectivity index (χ2v) is 9.19. The zero-order valence-electron chi connectivity index (χ0n) is 19.4. The first-order chi connectivity index (χ1) is 17.7. The quantitative estimate of drug-likeness (QED) is 0.258. The average molecular weight is 520 g/mol. The van der Waals surface area contributed by atoms with Crippen molar-refractivity contribution in [1.29, 1.82) is 0 Å². The molecule has 0 saturated carbocycles. The predicted octanol–water partition coefficient (Wildman–Crippen LogP) is 5.40. The molecule has 0 aliphatic carbocycles. The Hall–Kier alpha value is -4.09. The molecule has 0 aliphatic heterocycles. The smallest absolute Gasteiger partial charge is 0.236 e. The highest BCUT2D eigenvalue weighted by Crippen LogP contribution is 2.33. The van der Waals surface area contributed by atoms with Gasteiger partial charge in [0.25, 0.3) is 0 Å². The third-order valence-corrected chi connectivity index (χ3v) is 6.86. The maximum atomic E-state index is 12.7. The van der Waals surface area contributed by atoms with E-state index in [1.807, 2.05) is 58.5 Å². The average Bonchev–Trinajstić information content (AvgIpc) is 3.68. The highest BCUT2D eigenvalue weighted by atomic mass is 32.2. The van der Waals surface area contributed by atoms with Crippen LogP contribution in [-0.2, 0) is 4.79 Å². The lowest BCUT2D eigenvalue weighted by Gasteiger charge is -2.12. The lowest BCUT2D eigenvalue weighted by molar-refractivity contribution is -0.113. The molecule has 3 heterocycles. The summed E-state index contributed by atoms with van der Waals surface area (Å²) in [6.45, 7) is 0. The number of para-hydroxylation sites is 2. The Morgan fingerprint density at radius 3 is 2.64 bits per heavy atom. The molecule has 1 N–H and O–H groups in total. The molecule has 0 atom stereocenters. The molecule has 9 nitrogen and oxygen atoms in total. The van der Waals surface area contributed by atoms with E-state index in [-0.39, 0.29) is 11.7 Å². The van der Waals surface area contributed by atoms with E-state index in [0.717, 1.165) is 22.7 Å². The molecule has 182 valence electrons. The summed E-state index contributed by atoms with van der Waals surface area (Å²) in [5.41, 5.74) is 2.46. The molecule has 0 saturated heterocycles. The molecule has 36 heavy (non-hydrogen) atoms. The first-order valence-electron chi connectivity index (χ1n) is 10.8. The van der Waals surface area contributed by atoms with Crippen LogP contribution in [0.5, 0.6) is 11.5 Å². The Morgan fingerprint density at radius 1 is 1.06 bits per heavy atom. The lowest BCUT2D eigenvalue weighted by Crippen LogP contribution is -2.14. The number of carbonyl (C=O) groups is 1. The number of carbonyl (C=O) groups excluding carboxylic acids is 1. The van der Waals surface area contributed by atoms with Gasteiger partial charge in [-0.25, -0.2) is 4.98 Å². The van der Waals surface area contributed by atoms with Crippen molar-refractivity contribution in [3.63, 3.8) is 0 Å². The highest BCUT2D eigenvalue weighted by molar-refractivity contribution is 7.99. The summed E-state index contributed by atoms with van der Waals surface area (Å²) in [5, 5.41) is 14.4. The van der Waals surface area contributed by atoms with Gasteiger partial charge in [-0.15, -0.1) is 21.5 Å². The Morgan fingerprint density at radius 2 is 1.89 bits per heavy atom. The van der Waals surface area contributed by atoms with Crippen LogP contribution in [0.4, 0.5) is 5.13 Å². The van der Waals surface area contributed by atoms with Gasteiger partial charge in [0.15, 0.2) is 16.0 Å². The van der Waals surface area contributed by atoms with Crippen LogP contribution in [0.15, 0.2) is 81.9 Å². The number of methoxy groups -OCH3 is 2. The molecule has 11 heteroatoms. The summed E-state index contributed by atoms with van der Waals surface area (Å²) in [4.78, 5) is 17.3. The Balaban J connectivity index is 1.32. The van der Waals surface area contributed by atoms with Crippen molar-refractivity contribution in [3.8, 4) is 40.0 Å². The fourth-order valence-electron chi connectivity index (χ4n) is 3.47. The van der Waals surface area contributed by atoms with Crippen molar-refractivity contribution in [3.05, 3.63) is 72.3 Å². The van der Waals surface area contributed by atoms with E-state index < -0.39 is 0 Å². The second-order valence-electron chi connectivity index (χ2n) is 7.39. The van der Waals surface area contributed by atoms with Crippen LogP contribution in [0.25, 0.3) is 28.5 Å². The van der Waals surface area contributed by atoms with Gasteiger partial charge in [0.1, 0.15) is 11.5 Å². The minimum absolute atomic E-state index is 0.114. The number of rotatable bonds is 9. The minimum Gasteiger partial charge on any atom is -0.497 e. The number of hydrogen-bond donors (Lipinski definition) is 1. The standard InChI is InChI=1S/C25H21N5O4S2/c1-32-17-11-9-16(10-12-17)18-14-35-24(26-18)27-22(31)15-36-25-29-28-23(21-8-5-13-34-21)30(25)19-6-3-4-7-20(19)33-2/h3-14H,15H2,1-2H3,(H,26,27,31). The summed E-state index contributed by atoms with van der Waals surface area (Å²) in [6, 6.07) is 18.7. The molecule has 0 aliphatic rings. The van der Waals surface area contributed by atoms with Crippen molar-refractivity contribution in [2.24, 2.45) is 0 Å². The molecular weight excluding hydrogens is 498 g/mol. The number of ether oxygens (including phenoxy) is 2. The van der Waals surface area contributed by atoms with Crippen molar-refractivity contribution < 1.29 is 18.7 Å². The van der Waals surface area contributed by atoms with Gasteiger partial charge in [0.05, 0.1) is 37.6 Å². The Labute approximate surface area is 215 Å². The summed E-state index contributed by atoms with van der Waals surface area (Å²) in [6.07, 6.45) is 1.57. The number of benzene rings is 2. The summed E-state index contributed by atoms with van der Waals surface area (Å²) < 4.78 is 18.1. The highest BCUT2D eigenvalue weighted by Gasteiger charge is 2.21. The van der Waals surface area contributed by atoms with E-state index in [2.05, 4.69) is 20.5 Å². The minimum atomic E-state index is -0.204. The zero-order chi connectivity index (χ0) is 24.9. The molecule has 0 unspecified atom stereocenters. The van der Waals surface area contributed by atoms with E-state index in [1.54, 1.807) is 32.6 Å². The number of nitrogens with one attached hydrogen (secondary N) is 1. The van der Waals surface area contributed by atoms with Gasteiger partial charge in [-0.1, -0.05) is 23.9 Å². The number of thioether (sulfide) groups is 1. The SMILES string of the molecule is COc1ccc(-c2csc(NC(=O)CSc3nnc(-c4ccco4)n3-c3ccccc3OC)n2)cc1. The van der Waals surface area contributed by atoms with Crippen molar-refractivity contribution in [2.45, 2.75) is 5.16 Å². The van der Waals surface area contributed by atoms with Gasteiger partial charge in [-0.2, -0.15) is 0 Å². The largest absolute Gasteiger partial charge is 0.497 e. The van der Waals surface area contributed by atoms with Gasteiger partial charge < -0.3 is 19.2 Å². The van der Waals surface area contributed by atoms with Gasteiger partial charge in [-0.3, -0.25) is 9.36 Å². The first kappa shape index (κ1) is 23.6. The fourth-order valence-corrected chi connectivity index (χ4v) is 4.95. The van der Waals surface area contributed by atoms with Crippen molar-refractivity contribution >= 4 is 34.1 Å².